The third-order valence-corrected chi connectivity index (χ3v) is 3.41. The first-order valence-corrected chi connectivity index (χ1v) is 6.97. The number of aromatic nitrogens is 1. The number of carbonyl (C=O) groups is 2. The highest BCUT2D eigenvalue weighted by Crippen LogP contribution is 2.26. The van der Waals surface area contributed by atoms with Crippen LogP contribution in [0.15, 0.2) is 18.5 Å². The quantitative estimate of drug-likeness (QED) is 0.813. The lowest BCUT2D eigenvalue weighted by molar-refractivity contribution is -0.192. The van der Waals surface area contributed by atoms with E-state index >= 15 is 0 Å². The van der Waals surface area contributed by atoms with Gasteiger partial charge in [0.05, 0.1) is 11.9 Å². The molecule has 1 aromatic rings. The summed E-state index contributed by atoms with van der Waals surface area (Å²) in [6.45, 7) is 1.41. The summed E-state index contributed by atoms with van der Waals surface area (Å²) in [5.74, 6) is -3.61. The van der Waals surface area contributed by atoms with Crippen LogP contribution < -0.4 is 4.90 Å². The summed E-state index contributed by atoms with van der Waals surface area (Å²) in [5, 5.41) is 15.8. The third kappa shape index (κ3) is 6.39. The standard InChI is InChI=1S/C12H15FN2O2.C2HF3O2/c13-10-8-14-4-1-11(10)15-5-2-9(3-6-15)7-12(16)17;3-2(4,5)1(6)7/h1,4,8-9H,2-3,5-7H2,(H,16,17);(H,6,7). The van der Waals surface area contributed by atoms with Gasteiger partial charge in [-0.2, -0.15) is 13.2 Å². The molecule has 10 heteroatoms. The zero-order valence-corrected chi connectivity index (χ0v) is 12.5. The fourth-order valence-corrected chi connectivity index (χ4v) is 2.25. The topological polar surface area (TPSA) is 90.7 Å². The van der Waals surface area contributed by atoms with Crippen LogP contribution in [0, 0.1) is 11.7 Å². The molecule has 24 heavy (non-hydrogen) atoms. The van der Waals surface area contributed by atoms with Gasteiger partial charge in [-0.3, -0.25) is 9.78 Å². The molecule has 0 saturated carbocycles. The van der Waals surface area contributed by atoms with Crippen LogP contribution in [0.2, 0.25) is 0 Å². The number of nitrogens with zero attached hydrogens (tertiary/aromatic N) is 2. The van der Waals surface area contributed by atoms with Gasteiger partial charge in [0.1, 0.15) is 0 Å². The number of hydrogen-bond donors (Lipinski definition) is 2. The third-order valence-electron chi connectivity index (χ3n) is 3.41. The van der Waals surface area contributed by atoms with Gasteiger partial charge < -0.3 is 15.1 Å². The highest BCUT2D eigenvalue weighted by atomic mass is 19.4. The first-order chi connectivity index (χ1) is 11.1. The normalized spacial score (nSPS) is 15.4. The minimum atomic E-state index is -5.08. The Hall–Kier alpha value is -2.39. The van der Waals surface area contributed by atoms with E-state index in [0.717, 1.165) is 12.8 Å². The first kappa shape index (κ1) is 19.7. The highest BCUT2D eigenvalue weighted by Gasteiger charge is 2.38. The second-order valence-corrected chi connectivity index (χ2v) is 5.16. The molecule has 2 N–H and O–H groups in total. The molecule has 0 bridgehead atoms. The van der Waals surface area contributed by atoms with Gasteiger partial charge in [0, 0.05) is 25.7 Å². The first-order valence-electron chi connectivity index (χ1n) is 6.97. The average Bonchev–Trinajstić information content (AvgIpc) is 2.48. The predicted octanol–water partition coefficient (Wildman–Crippen LogP) is 2.55. The Labute approximate surface area is 134 Å². The minimum Gasteiger partial charge on any atom is -0.481 e. The Morgan fingerprint density at radius 2 is 1.79 bits per heavy atom. The van der Waals surface area contributed by atoms with E-state index in [1.807, 2.05) is 4.90 Å². The Bertz CT molecular complexity index is 572. The van der Waals surface area contributed by atoms with Crippen molar-refractivity contribution in [3.63, 3.8) is 0 Å². The SMILES string of the molecule is O=C(O)C(F)(F)F.O=C(O)CC1CCN(c2ccncc2F)CC1. The number of halogens is 4. The molecule has 1 aliphatic heterocycles. The van der Waals surface area contributed by atoms with Crippen LogP contribution >= 0.6 is 0 Å². The van der Waals surface area contributed by atoms with Gasteiger partial charge in [-0.25, -0.2) is 9.18 Å². The Morgan fingerprint density at radius 1 is 1.25 bits per heavy atom. The van der Waals surface area contributed by atoms with Crippen molar-refractivity contribution in [2.45, 2.75) is 25.4 Å². The maximum Gasteiger partial charge on any atom is 0.490 e. The van der Waals surface area contributed by atoms with Crippen LogP contribution in [0.3, 0.4) is 0 Å². The molecule has 2 rings (SSSR count). The maximum atomic E-state index is 13.5. The molecule has 1 saturated heterocycles. The number of alkyl halides is 3. The van der Waals surface area contributed by atoms with Gasteiger partial charge in [0.2, 0.25) is 0 Å². The van der Waals surface area contributed by atoms with E-state index in [-0.39, 0.29) is 18.2 Å². The second kappa shape index (κ2) is 8.46. The molecule has 134 valence electrons. The summed E-state index contributed by atoms with van der Waals surface area (Å²) < 4.78 is 45.2. The van der Waals surface area contributed by atoms with Gasteiger partial charge in [0.15, 0.2) is 5.82 Å². The summed E-state index contributed by atoms with van der Waals surface area (Å²) in [5.41, 5.74) is 0.564. The number of aliphatic carboxylic acids is 2. The van der Waals surface area contributed by atoms with Crippen LogP contribution in [0.25, 0.3) is 0 Å². The molecule has 0 spiro atoms. The molecule has 6 nitrogen and oxygen atoms in total. The number of piperidine rings is 1. The van der Waals surface area contributed by atoms with Crippen molar-refractivity contribution in [1.82, 2.24) is 4.98 Å². The molecule has 1 fully saturated rings. The van der Waals surface area contributed by atoms with E-state index in [9.17, 15) is 22.4 Å². The van der Waals surface area contributed by atoms with E-state index in [1.54, 1.807) is 12.3 Å². The van der Waals surface area contributed by atoms with Crippen LogP contribution in [0.5, 0.6) is 0 Å². The summed E-state index contributed by atoms with van der Waals surface area (Å²) in [6, 6.07) is 1.66. The van der Waals surface area contributed by atoms with E-state index in [1.165, 1.54) is 6.20 Å². The van der Waals surface area contributed by atoms with Crippen LogP contribution in [0.1, 0.15) is 19.3 Å². The van der Waals surface area contributed by atoms with Crippen molar-refractivity contribution >= 4 is 17.6 Å². The van der Waals surface area contributed by atoms with E-state index in [0.29, 0.717) is 18.8 Å². The number of rotatable bonds is 3. The molecule has 2 heterocycles. The van der Waals surface area contributed by atoms with Crippen LogP contribution in [-0.4, -0.2) is 46.4 Å². The highest BCUT2D eigenvalue weighted by molar-refractivity contribution is 5.73. The molecule has 1 aromatic heterocycles. The fraction of sp³-hybridized carbons (Fsp3) is 0.500. The van der Waals surface area contributed by atoms with Crippen molar-refractivity contribution in [1.29, 1.82) is 0 Å². The molecule has 0 radical (unpaired) electrons. The minimum absolute atomic E-state index is 0.215. The zero-order chi connectivity index (χ0) is 18.3. The van der Waals surface area contributed by atoms with Gasteiger partial charge >= 0.3 is 18.1 Å². The number of pyridine rings is 1. The van der Waals surface area contributed by atoms with Gasteiger partial charge in [0.25, 0.3) is 0 Å². The second-order valence-electron chi connectivity index (χ2n) is 5.16. The summed E-state index contributed by atoms with van der Waals surface area (Å²) >= 11 is 0. The van der Waals surface area contributed by atoms with E-state index in [2.05, 4.69) is 4.98 Å². The van der Waals surface area contributed by atoms with Gasteiger partial charge in [-0.05, 0) is 24.8 Å². The van der Waals surface area contributed by atoms with Crippen molar-refractivity contribution in [3.05, 3.63) is 24.3 Å². The zero-order valence-electron chi connectivity index (χ0n) is 12.5. The summed E-state index contributed by atoms with van der Waals surface area (Å²) in [4.78, 5) is 25.2. The number of carboxylic acid groups (broad SMARTS) is 2. The largest absolute Gasteiger partial charge is 0.490 e. The molecular weight excluding hydrogens is 336 g/mol. The van der Waals surface area contributed by atoms with Gasteiger partial charge in [-0.15, -0.1) is 0 Å². The van der Waals surface area contributed by atoms with E-state index < -0.39 is 18.1 Å². The average molecular weight is 352 g/mol. The number of anilines is 1. The van der Waals surface area contributed by atoms with Crippen molar-refractivity contribution in [3.8, 4) is 0 Å². The number of carboxylic acids is 2. The Kier molecular flexibility index (Phi) is 6.93. The smallest absolute Gasteiger partial charge is 0.481 e. The van der Waals surface area contributed by atoms with Crippen LogP contribution in [0.4, 0.5) is 23.2 Å². The summed E-state index contributed by atoms with van der Waals surface area (Å²) in [6.07, 6.45) is -0.491. The molecule has 0 atom stereocenters. The van der Waals surface area contributed by atoms with Crippen molar-refractivity contribution in [2.24, 2.45) is 5.92 Å². The monoisotopic (exact) mass is 352 g/mol. The maximum absolute atomic E-state index is 13.5. The lowest BCUT2D eigenvalue weighted by Crippen LogP contribution is -2.34. The molecule has 1 aliphatic rings. The molecule has 0 aliphatic carbocycles. The lowest BCUT2D eigenvalue weighted by Gasteiger charge is -2.33. The number of hydrogen-bond acceptors (Lipinski definition) is 4. The lowest BCUT2D eigenvalue weighted by atomic mass is 9.93. The van der Waals surface area contributed by atoms with Crippen molar-refractivity contribution in [2.75, 3.05) is 18.0 Å². The Morgan fingerprint density at radius 3 is 2.21 bits per heavy atom. The van der Waals surface area contributed by atoms with E-state index in [4.69, 9.17) is 15.0 Å². The Balaban J connectivity index is 0.000000351. The fourth-order valence-electron chi connectivity index (χ4n) is 2.25. The molecule has 0 aromatic carbocycles. The van der Waals surface area contributed by atoms with Crippen LogP contribution in [-0.2, 0) is 9.59 Å². The predicted molar refractivity (Wildman–Crippen MR) is 75.1 cm³/mol. The summed E-state index contributed by atoms with van der Waals surface area (Å²) in [7, 11) is 0. The molecule has 0 unspecified atom stereocenters. The molecular formula is C14H16F4N2O4. The van der Waals surface area contributed by atoms with Crippen molar-refractivity contribution < 1.29 is 37.4 Å². The van der Waals surface area contributed by atoms with Gasteiger partial charge in [-0.1, -0.05) is 0 Å². The molecule has 0 amide bonds.